The molecule has 15 nitrogen and oxygen atoms in total. The maximum atomic E-state index is 11.8. The number of esters is 1. The molecule has 2 atom stereocenters. The molecule has 1 fully saturated rings. The normalized spacial score (nSPS) is 20.9. The highest BCUT2D eigenvalue weighted by Gasteiger charge is 2.69. The van der Waals surface area contributed by atoms with E-state index in [1.165, 1.54) is 12.3 Å². The highest BCUT2D eigenvalue weighted by atomic mass is 16.8. The van der Waals surface area contributed by atoms with Gasteiger partial charge in [0.2, 0.25) is 0 Å². The number of nitrogens with one attached hydrogen (secondary N) is 1. The van der Waals surface area contributed by atoms with Crippen molar-refractivity contribution in [3.8, 4) is 0 Å². The van der Waals surface area contributed by atoms with E-state index in [9.17, 15) is 14.7 Å². The molecule has 0 aromatic carbocycles. The fourth-order valence-corrected chi connectivity index (χ4v) is 2.48. The number of carbonyl (C=O) groups excluding carboxylic acids is 1. The van der Waals surface area contributed by atoms with E-state index in [-0.39, 0.29) is 18.7 Å². The van der Waals surface area contributed by atoms with Crippen molar-refractivity contribution in [3.05, 3.63) is 22.7 Å². The first-order valence-electron chi connectivity index (χ1n) is 7.70. The van der Waals surface area contributed by atoms with Crippen LogP contribution in [0.2, 0.25) is 0 Å². The van der Waals surface area contributed by atoms with Gasteiger partial charge in [-0.15, -0.1) is 0 Å². The van der Waals surface area contributed by atoms with Crippen LogP contribution in [0.3, 0.4) is 0 Å². The highest BCUT2D eigenvalue weighted by Crippen LogP contribution is 2.31. The molecular weight excluding hydrogens is 390 g/mol. The third-order valence-electron chi connectivity index (χ3n) is 4.01. The Hall–Kier alpha value is -2.21. The summed E-state index contributed by atoms with van der Waals surface area (Å²) in [6.07, 6.45) is 0.0510. The maximum absolute atomic E-state index is 11.8. The van der Waals surface area contributed by atoms with Gasteiger partial charge in [-0.3, -0.25) is 15.3 Å². The summed E-state index contributed by atoms with van der Waals surface area (Å²) >= 11 is 0. The van der Waals surface area contributed by atoms with Crippen molar-refractivity contribution in [2.75, 3.05) is 12.1 Å². The zero-order chi connectivity index (χ0) is 21.3. The van der Waals surface area contributed by atoms with Gasteiger partial charge < -0.3 is 45.2 Å². The van der Waals surface area contributed by atoms with Crippen molar-refractivity contribution in [2.45, 2.75) is 42.7 Å². The van der Waals surface area contributed by atoms with Gasteiger partial charge in [-0.2, -0.15) is 4.98 Å². The van der Waals surface area contributed by atoms with Crippen molar-refractivity contribution in [3.63, 3.8) is 0 Å². The summed E-state index contributed by atoms with van der Waals surface area (Å²) in [7, 11) is 0. The van der Waals surface area contributed by atoms with Crippen LogP contribution in [-0.4, -0.2) is 86.7 Å². The molecule has 0 amide bonds. The number of aromatic nitrogens is 2. The Morgan fingerprint density at radius 2 is 1.82 bits per heavy atom. The lowest BCUT2D eigenvalue weighted by Crippen LogP contribution is -2.72. The van der Waals surface area contributed by atoms with Crippen molar-refractivity contribution in [1.82, 2.24) is 9.55 Å². The molecule has 2 rings (SSSR count). The molecule has 0 aliphatic carbocycles. The summed E-state index contributed by atoms with van der Waals surface area (Å²) in [5.41, 5.74) is -3.40. The molecule has 1 aliphatic rings. The van der Waals surface area contributed by atoms with Crippen molar-refractivity contribution >= 4 is 11.8 Å². The standard InChI is InChI=1S/C13H19N3O12/c17-9(11(19,12(20,21)22)13(23,24)25)27-5-6-1-2-8(28-6)16-4-3-7(15-26)14-10(16)18/h3-4,6,8,19-26H,1-2,5H2,(H,14,15,18). The van der Waals surface area contributed by atoms with Gasteiger partial charge in [-0.25, -0.2) is 9.59 Å². The summed E-state index contributed by atoms with van der Waals surface area (Å²) in [5, 5.41) is 72.2. The molecule has 1 aromatic heterocycles. The molecule has 2 heterocycles. The molecule has 0 radical (unpaired) electrons. The fraction of sp³-hybridized carbons (Fsp3) is 0.615. The summed E-state index contributed by atoms with van der Waals surface area (Å²) in [6.45, 7) is -0.678. The number of hydrogen-bond acceptors (Lipinski definition) is 14. The average molecular weight is 409 g/mol. The Labute approximate surface area is 155 Å². The average Bonchev–Trinajstić information content (AvgIpc) is 3.05. The minimum Gasteiger partial charge on any atom is -0.460 e. The molecule has 2 unspecified atom stereocenters. The Morgan fingerprint density at radius 3 is 2.32 bits per heavy atom. The SMILES string of the molecule is O=C(OCC1CCC(n2ccc(NO)nc2=O)O1)C(O)(C(O)(O)O)C(O)(O)O. The van der Waals surface area contributed by atoms with Gasteiger partial charge in [-0.1, -0.05) is 0 Å². The molecule has 28 heavy (non-hydrogen) atoms. The van der Waals surface area contributed by atoms with Gasteiger partial charge in [0.15, 0.2) is 5.82 Å². The van der Waals surface area contributed by atoms with E-state index < -0.39 is 48.1 Å². The fourth-order valence-electron chi connectivity index (χ4n) is 2.48. The zero-order valence-electron chi connectivity index (χ0n) is 14.0. The van der Waals surface area contributed by atoms with E-state index in [1.54, 1.807) is 5.48 Å². The van der Waals surface area contributed by atoms with E-state index in [2.05, 4.69) is 9.72 Å². The number of ether oxygens (including phenoxy) is 2. The predicted octanol–water partition coefficient (Wildman–Crippen LogP) is -4.74. The molecule has 158 valence electrons. The molecule has 1 saturated heterocycles. The highest BCUT2D eigenvalue weighted by molar-refractivity contribution is 5.81. The van der Waals surface area contributed by atoms with Gasteiger partial charge in [0.05, 0.1) is 6.10 Å². The van der Waals surface area contributed by atoms with E-state index in [4.69, 9.17) is 40.6 Å². The quantitative estimate of drug-likeness (QED) is 0.117. The van der Waals surface area contributed by atoms with Crippen LogP contribution >= 0.6 is 0 Å². The van der Waals surface area contributed by atoms with Crippen LogP contribution in [0.1, 0.15) is 19.1 Å². The third-order valence-corrected chi connectivity index (χ3v) is 4.01. The van der Waals surface area contributed by atoms with E-state index in [0.717, 1.165) is 4.57 Å². The summed E-state index contributed by atoms with van der Waals surface area (Å²) in [4.78, 5) is 27.2. The number of carbonyl (C=O) groups is 1. The minimum atomic E-state index is -4.47. The first kappa shape index (κ1) is 22.1. The molecule has 1 aliphatic heterocycles. The van der Waals surface area contributed by atoms with Crippen LogP contribution in [0, 0.1) is 0 Å². The maximum Gasteiger partial charge on any atom is 0.355 e. The number of nitrogens with zero attached hydrogens (tertiary/aromatic N) is 2. The van der Waals surface area contributed by atoms with Gasteiger partial charge in [0.1, 0.15) is 12.8 Å². The Kier molecular flexibility index (Phi) is 6.04. The van der Waals surface area contributed by atoms with Gasteiger partial charge >= 0.3 is 29.2 Å². The monoisotopic (exact) mass is 409 g/mol. The van der Waals surface area contributed by atoms with Crippen molar-refractivity contribution in [2.24, 2.45) is 0 Å². The Balaban J connectivity index is 2.03. The van der Waals surface area contributed by atoms with Crippen LogP contribution in [0.25, 0.3) is 0 Å². The molecular formula is C13H19N3O12. The van der Waals surface area contributed by atoms with Crippen LogP contribution in [-0.2, 0) is 14.3 Å². The summed E-state index contributed by atoms with van der Waals surface area (Å²) in [6, 6.07) is 1.28. The van der Waals surface area contributed by atoms with Crippen LogP contribution in [0.5, 0.6) is 0 Å². The van der Waals surface area contributed by atoms with Gasteiger partial charge in [0, 0.05) is 6.20 Å². The molecule has 0 bridgehead atoms. The van der Waals surface area contributed by atoms with Crippen LogP contribution in [0.4, 0.5) is 5.82 Å². The van der Waals surface area contributed by atoms with Gasteiger partial charge in [-0.05, 0) is 18.9 Å². The molecule has 9 N–H and O–H groups in total. The lowest BCUT2D eigenvalue weighted by molar-refractivity contribution is -0.481. The van der Waals surface area contributed by atoms with Crippen LogP contribution in [0.15, 0.2) is 17.1 Å². The van der Waals surface area contributed by atoms with E-state index in [0.29, 0.717) is 0 Å². The predicted molar refractivity (Wildman–Crippen MR) is 81.7 cm³/mol. The van der Waals surface area contributed by atoms with Crippen LogP contribution < -0.4 is 11.2 Å². The topological polar surface area (TPSA) is 244 Å². The van der Waals surface area contributed by atoms with Gasteiger partial charge in [0.25, 0.3) is 0 Å². The second-order valence-corrected chi connectivity index (χ2v) is 5.98. The summed E-state index contributed by atoms with van der Waals surface area (Å²) < 4.78 is 11.0. The lowest BCUT2D eigenvalue weighted by atomic mass is 9.98. The van der Waals surface area contributed by atoms with Crippen molar-refractivity contribution < 1.29 is 55.2 Å². The minimum absolute atomic E-state index is 0.0926. The number of rotatable bonds is 7. The number of anilines is 1. The smallest absolute Gasteiger partial charge is 0.355 e. The molecule has 1 aromatic rings. The molecule has 0 saturated carbocycles. The largest absolute Gasteiger partial charge is 0.460 e. The van der Waals surface area contributed by atoms with Crippen molar-refractivity contribution in [1.29, 1.82) is 0 Å². The zero-order valence-corrected chi connectivity index (χ0v) is 14.0. The number of hydrogen-bond donors (Lipinski definition) is 9. The Bertz CT molecular complexity index is 753. The molecule has 0 spiro atoms. The van der Waals surface area contributed by atoms with E-state index in [1.807, 2.05) is 0 Å². The van der Waals surface area contributed by atoms with E-state index >= 15 is 0 Å². The Morgan fingerprint density at radius 1 is 1.21 bits per heavy atom. The number of aliphatic hydroxyl groups is 7. The third kappa shape index (κ3) is 4.12. The second-order valence-electron chi connectivity index (χ2n) is 5.98. The first-order valence-corrected chi connectivity index (χ1v) is 7.70. The second kappa shape index (κ2) is 7.66. The molecule has 15 heteroatoms. The first-order chi connectivity index (χ1) is 12.8. The summed E-state index contributed by atoms with van der Waals surface area (Å²) in [5.74, 6) is -11.2. The lowest BCUT2D eigenvalue weighted by Gasteiger charge is -2.37.